The van der Waals surface area contributed by atoms with Crippen molar-refractivity contribution in [3.63, 3.8) is 0 Å². The standard InChI is InChI=1S/C30H39N5O8S2.ClH/c1-4-43-30(37)33-14-16-34(17-15-33)45(38,39)23-8-6-22(7-9-23)28(36)35(13-5-12-32-18-20-42-21-19-32)29-31-26-24(40-2)10-11-25(41-3)27(26)44-29;/h6-11H,4-5,12-21H2,1-3H3;1H. The van der Waals surface area contributed by atoms with Crippen LogP contribution in [0.25, 0.3) is 10.2 Å². The quantitative estimate of drug-likeness (QED) is 0.293. The minimum absolute atomic E-state index is 0. The smallest absolute Gasteiger partial charge is 0.409 e. The second-order valence-corrected chi connectivity index (χ2v) is 13.4. The van der Waals surface area contributed by atoms with Crippen LogP contribution >= 0.6 is 23.7 Å². The Hall–Kier alpha value is -3.21. The van der Waals surface area contributed by atoms with E-state index in [0.29, 0.717) is 53.9 Å². The minimum atomic E-state index is -3.82. The Balaban J connectivity index is 0.00000480. The summed E-state index contributed by atoms with van der Waals surface area (Å²) in [5.74, 6) is 0.917. The van der Waals surface area contributed by atoms with Gasteiger partial charge in [0.05, 0.1) is 38.9 Å². The third kappa shape index (κ3) is 7.83. The van der Waals surface area contributed by atoms with Gasteiger partial charge in [-0.15, -0.1) is 12.4 Å². The lowest BCUT2D eigenvalue weighted by Gasteiger charge is -2.33. The summed E-state index contributed by atoms with van der Waals surface area (Å²) in [6.07, 6.45) is 0.261. The average molecular weight is 698 g/mol. The van der Waals surface area contributed by atoms with Gasteiger partial charge in [-0.25, -0.2) is 18.2 Å². The first-order chi connectivity index (χ1) is 21.8. The van der Waals surface area contributed by atoms with Crippen molar-refractivity contribution >= 4 is 61.1 Å². The molecule has 46 heavy (non-hydrogen) atoms. The number of hydrogen-bond acceptors (Lipinski definition) is 11. The fourth-order valence-corrected chi connectivity index (χ4v) is 7.87. The van der Waals surface area contributed by atoms with E-state index in [0.717, 1.165) is 24.3 Å². The number of benzene rings is 2. The van der Waals surface area contributed by atoms with Crippen molar-refractivity contribution < 1.29 is 37.0 Å². The third-order valence-corrected chi connectivity index (χ3v) is 10.8. The normalized spacial score (nSPS) is 16.1. The number of hydrogen-bond donors (Lipinski definition) is 0. The Bertz CT molecular complexity index is 1550. The van der Waals surface area contributed by atoms with Crippen molar-refractivity contribution in [2.24, 2.45) is 0 Å². The number of methoxy groups -OCH3 is 2. The number of ether oxygens (including phenoxy) is 4. The van der Waals surface area contributed by atoms with Crippen molar-refractivity contribution in [2.75, 3.05) is 91.3 Å². The van der Waals surface area contributed by atoms with Crippen LogP contribution in [0, 0.1) is 0 Å². The number of morpholine rings is 1. The second-order valence-electron chi connectivity index (χ2n) is 10.5. The molecular formula is C30H40ClN5O8S2. The summed E-state index contributed by atoms with van der Waals surface area (Å²) in [5, 5.41) is 0.496. The molecule has 2 fully saturated rings. The molecular weight excluding hydrogens is 658 g/mol. The van der Waals surface area contributed by atoms with Crippen molar-refractivity contribution in [3.05, 3.63) is 42.0 Å². The van der Waals surface area contributed by atoms with Crippen molar-refractivity contribution in [1.82, 2.24) is 19.1 Å². The maximum absolute atomic E-state index is 14.0. The van der Waals surface area contributed by atoms with Crippen LogP contribution in [0.2, 0.25) is 0 Å². The summed E-state index contributed by atoms with van der Waals surface area (Å²) < 4.78 is 50.5. The molecule has 0 aliphatic carbocycles. The van der Waals surface area contributed by atoms with Gasteiger partial charge in [-0.1, -0.05) is 11.3 Å². The molecule has 0 saturated carbocycles. The fourth-order valence-electron chi connectivity index (χ4n) is 5.35. The second kappa shape index (κ2) is 16.1. The lowest BCUT2D eigenvalue weighted by molar-refractivity contribution is 0.0376. The first kappa shape index (κ1) is 35.6. The lowest BCUT2D eigenvalue weighted by Crippen LogP contribution is -2.50. The monoisotopic (exact) mass is 697 g/mol. The van der Waals surface area contributed by atoms with Gasteiger partial charge in [0.1, 0.15) is 21.7 Å². The number of fused-ring (bicyclic) bond motifs is 1. The average Bonchev–Trinajstić information content (AvgIpc) is 3.52. The van der Waals surface area contributed by atoms with Crippen LogP contribution in [0.3, 0.4) is 0 Å². The first-order valence-electron chi connectivity index (χ1n) is 14.9. The van der Waals surface area contributed by atoms with Gasteiger partial charge in [0.15, 0.2) is 5.13 Å². The SMILES string of the molecule is CCOC(=O)N1CCN(S(=O)(=O)c2ccc(C(=O)N(CCCN3CCOCC3)c3nc4c(OC)ccc(OC)c4s3)cc2)CC1.Cl. The van der Waals surface area contributed by atoms with E-state index in [1.165, 1.54) is 44.8 Å². The molecule has 2 aliphatic rings. The number of aromatic nitrogens is 1. The lowest BCUT2D eigenvalue weighted by atomic mass is 10.2. The van der Waals surface area contributed by atoms with Gasteiger partial charge < -0.3 is 23.8 Å². The molecule has 0 unspecified atom stereocenters. The van der Waals surface area contributed by atoms with Crippen LogP contribution in [0.5, 0.6) is 11.5 Å². The number of anilines is 1. The Morgan fingerprint density at radius 3 is 2.24 bits per heavy atom. The summed E-state index contributed by atoms with van der Waals surface area (Å²) in [4.78, 5) is 36.4. The highest BCUT2D eigenvalue weighted by atomic mass is 35.5. The molecule has 2 aliphatic heterocycles. The Kier molecular flexibility index (Phi) is 12.4. The van der Waals surface area contributed by atoms with E-state index in [1.54, 1.807) is 32.1 Å². The van der Waals surface area contributed by atoms with Crippen molar-refractivity contribution in [3.8, 4) is 11.5 Å². The molecule has 2 aromatic carbocycles. The van der Waals surface area contributed by atoms with Gasteiger partial charge in [-0.2, -0.15) is 4.31 Å². The molecule has 0 spiro atoms. The number of amides is 2. The summed E-state index contributed by atoms with van der Waals surface area (Å²) >= 11 is 1.34. The molecule has 0 radical (unpaired) electrons. The highest BCUT2D eigenvalue weighted by molar-refractivity contribution is 7.89. The van der Waals surface area contributed by atoms with Crippen LogP contribution < -0.4 is 14.4 Å². The third-order valence-electron chi connectivity index (χ3n) is 7.84. The first-order valence-corrected chi connectivity index (χ1v) is 17.2. The summed E-state index contributed by atoms with van der Waals surface area (Å²) in [6, 6.07) is 9.57. The molecule has 2 saturated heterocycles. The molecule has 16 heteroatoms. The predicted molar refractivity (Wildman–Crippen MR) is 177 cm³/mol. The zero-order chi connectivity index (χ0) is 32.0. The van der Waals surface area contributed by atoms with Gasteiger partial charge in [-0.3, -0.25) is 14.6 Å². The summed E-state index contributed by atoms with van der Waals surface area (Å²) in [6.45, 7) is 7.06. The van der Waals surface area contributed by atoms with Crippen LogP contribution in [-0.4, -0.2) is 126 Å². The van der Waals surface area contributed by atoms with E-state index in [-0.39, 0.29) is 56.0 Å². The summed E-state index contributed by atoms with van der Waals surface area (Å²) in [5.41, 5.74) is 0.943. The van der Waals surface area contributed by atoms with Gasteiger partial charge in [0, 0.05) is 57.9 Å². The Labute approximate surface area is 279 Å². The molecule has 0 N–H and O–H groups in total. The van der Waals surface area contributed by atoms with Crippen molar-refractivity contribution in [2.45, 2.75) is 18.2 Å². The number of rotatable bonds is 11. The predicted octanol–water partition coefficient (Wildman–Crippen LogP) is 3.57. The molecule has 0 atom stereocenters. The van der Waals surface area contributed by atoms with Gasteiger partial charge in [0.2, 0.25) is 10.0 Å². The number of thiazole rings is 1. The van der Waals surface area contributed by atoms with Crippen LogP contribution in [0.1, 0.15) is 23.7 Å². The van der Waals surface area contributed by atoms with Gasteiger partial charge >= 0.3 is 6.09 Å². The zero-order valence-electron chi connectivity index (χ0n) is 26.2. The van der Waals surface area contributed by atoms with E-state index in [2.05, 4.69) is 4.90 Å². The number of nitrogens with zero attached hydrogens (tertiary/aromatic N) is 5. The number of halogens is 1. The Morgan fingerprint density at radius 2 is 1.61 bits per heavy atom. The molecule has 3 aromatic rings. The highest BCUT2D eigenvalue weighted by Crippen LogP contribution is 2.40. The van der Waals surface area contributed by atoms with E-state index in [4.69, 9.17) is 23.9 Å². The molecule has 5 rings (SSSR count). The molecule has 1 aromatic heterocycles. The Morgan fingerprint density at radius 1 is 0.957 bits per heavy atom. The maximum atomic E-state index is 14.0. The molecule has 3 heterocycles. The van der Waals surface area contributed by atoms with E-state index in [9.17, 15) is 18.0 Å². The van der Waals surface area contributed by atoms with Gasteiger partial charge in [0.25, 0.3) is 5.91 Å². The number of carbonyl (C=O) groups is 2. The molecule has 13 nitrogen and oxygen atoms in total. The number of sulfonamides is 1. The van der Waals surface area contributed by atoms with Crippen LogP contribution in [-0.2, 0) is 19.5 Å². The molecule has 2 amide bonds. The number of piperazine rings is 1. The fraction of sp³-hybridized carbons (Fsp3) is 0.500. The van der Waals surface area contributed by atoms with E-state index < -0.39 is 16.1 Å². The van der Waals surface area contributed by atoms with E-state index in [1.807, 2.05) is 6.07 Å². The number of carbonyl (C=O) groups excluding carboxylic acids is 2. The van der Waals surface area contributed by atoms with Gasteiger partial charge in [-0.05, 0) is 49.7 Å². The highest BCUT2D eigenvalue weighted by Gasteiger charge is 2.31. The van der Waals surface area contributed by atoms with E-state index >= 15 is 0 Å². The molecule has 252 valence electrons. The largest absolute Gasteiger partial charge is 0.495 e. The summed E-state index contributed by atoms with van der Waals surface area (Å²) in [7, 11) is -0.666. The molecule has 0 bridgehead atoms. The van der Waals surface area contributed by atoms with Crippen LogP contribution in [0.4, 0.5) is 9.93 Å². The van der Waals surface area contributed by atoms with Crippen molar-refractivity contribution in [1.29, 1.82) is 0 Å². The zero-order valence-corrected chi connectivity index (χ0v) is 28.6. The minimum Gasteiger partial charge on any atom is -0.495 e. The van der Waals surface area contributed by atoms with Crippen LogP contribution in [0.15, 0.2) is 41.3 Å². The maximum Gasteiger partial charge on any atom is 0.409 e. The topological polar surface area (TPSA) is 131 Å².